The SMILES string of the molecule is COC(=O)[C@H](CC(=O)OC(C)(C)C)NC(=O)c1ccccc1F. The number of amides is 1. The number of hydrogen-bond acceptors (Lipinski definition) is 5. The van der Waals surface area contributed by atoms with Crippen LogP contribution in [-0.4, -0.2) is 36.6 Å². The molecule has 1 aromatic rings. The van der Waals surface area contributed by atoms with Crippen LogP contribution in [0.1, 0.15) is 37.6 Å². The van der Waals surface area contributed by atoms with E-state index in [9.17, 15) is 18.8 Å². The molecule has 7 heteroatoms. The molecular formula is C16H20FNO5. The van der Waals surface area contributed by atoms with E-state index in [1.54, 1.807) is 20.8 Å². The van der Waals surface area contributed by atoms with Crippen LogP contribution in [0.2, 0.25) is 0 Å². The first kappa shape index (κ1) is 18.6. The lowest BCUT2D eigenvalue weighted by atomic mass is 10.1. The van der Waals surface area contributed by atoms with Crippen molar-refractivity contribution in [2.45, 2.75) is 38.8 Å². The highest BCUT2D eigenvalue weighted by Crippen LogP contribution is 2.11. The van der Waals surface area contributed by atoms with E-state index in [2.05, 4.69) is 10.1 Å². The number of ether oxygens (including phenoxy) is 2. The largest absolute Gasteiger partial charge is 0.467 e. The van der Waals surface area contributed by atoms with Crippen molar-refractivity contribution < 1.29 is 28.2 Å². The Morgan fingerprint density at radius 1 is 1.22 bits per heavy atom. The Bertz CT molecular complexity index is 594. The van der Waals surface area contributed by atoms with Gasteiger partial charge in [-0.3, -0.25) is 9.59 Å². The normalized spacial score (nSPS) is 12.2. The fourth-order valence-corrected chi connectivity index (χ4v) is 1.77. The summed E-state index contributed by atoms with van der Waals surface area (Å²) >= 11 is 0. The maximum atomic E-state index is 13.6. The second-order valence-electron chi connectivity index (χ2n) is 5.82. The van der Waals surface area contributed by atoms with Gasteiger partial charge in [0.1, 0.15) is 17.5 Å². The lowest BCUT2D eigenvalue weighted by Gasteiger charge is -2.22. The lowest BCUT2D eigenvalue weighted by molar-refractivity contribution is -0.158. The Morgan fingerprint density at radius 3 is 2.35 bits per heavy atom. The fourth-order valence-electron chi connectivity index (χ4n) is 1.77. The number of methoxy groups -OCH3 is 1. The molecule has 0 saturated carbocycles. The van der Waals surface area contributed by atoms with Crippen molar-refractivity contribution in [1.82, 2.24) is 5.32 Å². The molecular weight excluding hydrogens is 305 g/mol. The summed E-state index contributed by atoms with van der Waals surface area (Å²) in [5, 5.41) is 2.29. The van der Waals surface area contributed by atoms with Gasteiger partial charge in [0.2, 0.25) is 0 Å². The van der Waals surface area contributed by atoms with E-state index >= 15 is 0 Å². The van der Waals surface area contributed by atoms with Crippen molar-refractivity contribution in [3.63, 3.8) is 0 Å². The molecule has 1 rings (SSSR count). The van der Waals surface area contributed by atoms with Crippen molar-refractivity contribution >= 4 is 17.8 Å². The zero-order chi connectivity index (χ0) is 17.6. The first-order chi connectivity index (χ1) is 10.6. The Labute approximate surface area is 134 Å². The molecule has 1 N–H and O–H groups in total. The third-order valence-corrected chi connectivity index (χ3v) is 2.70. The molecule has 0 bridgehead atoms. The number of hydrogen-bond donors (Lipinski definition) is 1. The first-order valence-electron chi connectivity index (χ1n) is 6.99. The predicted molar refractivity (Wildman–Crippen MR) is 80.1 cm³/mol. The van der Waals surface area contributed by atoms with E-state index < -0.39 is 41.7 Å². The number of esters is 2. The monoisotopic (exact) mass is 325 g/mol. The third kappa shape index (κ3) is 6.06. The van der Waals surface area contributed by atoms with Crippen molar-refractivity contribution in [2.24, 2.45) is 0 Å². The van der Waals surface area contributed by atoms with Gasteiger partial charge in [0.25, 0.3) is 5.91 Å². The van der Waals surface area contributed by atoms with Crippen molar-refractivity contribution in [2.75, 3.05) is 7.11 Å². The van der Waals surface area contributed by atoms with Gasteiger partial charge in [0.05, 0.1) is 19.1 Å². The summed E-state index contributed by atoms with van der Waals surface area (Å²) in [6, 6.07) is 4.05. The van der Waals surface area contributed by atoms with E-state index in [1.165, 1.54) is 18.2 Å². The van der Waals surface area contributed by atoms with Crippen molar-refractivity contribution in [3.8, 4) is 0 Å². The van der Waals surface area contributed by atoms with Crippen LogP contribution in [0, 0.1) is 5.82 Å². The van der Waals surface area contributed by atoms with E-state index in [0.717, 1.165) is 13.2 Å². The maximum Gasteiger partial charge on any atom is 0.328 e. The third-order valence-electron chi connectivity index (χ3n) is 2.70. The second-order valence-corrected chi connectivity index (χ2v) is 5.82. The maximum absolute atomic E-state index is 13.6. The Hall–Kier alpha value is -2.44. The van der Waals surface area contributed by atoms with Gasteiger partial charge in [-0.2, -0.15) is 0 Å². The molecule has 0 aliphatic carbocycles. The summed E-state index contributed by atoms with van der Waals surface area (Å²) in [6.07, 6.45) is -0.413. The summed E-state index contributed by atoms with van der Waals surface area (Å²) in [6.45, 7) is 5.03. The first-order valence-corrected chi connectivity index (χ1v) is 6.99. The van der Waals surface area contributed by atoms with Crippen molar-refractivity contribution in [3.05, 3.63) is 35.6 Å². The van der Waals surface area contributed by atoms with Crippen molar-refractivity contribution in [1.29, 1.82) is 0 Å². The smallest absolute Gasteiger partial charge is 0.328 e. The minimum atomic E-state index is -1.26. The summed E-state index contributed by atoms with van der Waals surface area (Å²) in [5.41, 5.74) is -0.960. The Balaban J connectivity index is 2.83. The Kier molecular flexibility index (Phi) is 6.24. The number of nitrogens with one attached hydrogen (secondary N) is 1. The zero-order valence-corrected chi connectivity index (χ0v) is 13.5. The van der Waals surface area contributed by atoms with Gasteiger partial charge in [-0.25, -0.2) is 9.18 Å². The molecule has 23 heavy (non-hydrogen) atoms. The van der Waals surface area contributed by atoms with Crippen LogP contribution in [0.4, 0.5) is 4.39 Å². The van der Waals surface area contributed by atoms with Gasteiger partial charge in [0, 0.05) is 0 Å². The molecule has 0 aliphatic rings. The summed E-state index contributed by atoms with van der Waals surface area (Å²) in [4.78, 5) is 35.6. The second kappa shape index (κ2) is 7.71. The molecule has 0 aromatic heterocycles. The van der Waals surface area contributed by atoms with Gasteiger partial charge in [0.15, 0.2) is 0 Å². The fraction of sp³-hybridized carbons (Fsp3) is 0.438. The molecule has 1 aromatic carbocycles. The Morgan fingerprint density at radius 2 is 1.83 bits per heavy atom. The number of carbonyl (C=O) groups is 3. The molecule has 126 valence electrons. The summed E-state index contributed by atoms with van der Waals surface area (Å²) in [5.74, 6) is -3.05. The van der Waals surface area contributed by atoms with Crippen LogP contribution in [0.5, 0.6) is 0 Å². The topological polar surface area (TPSA) is 81.7 Å². The van der Waals surface area contributed by atoms with Crippen LogP contribution in [0.3, 0.4) is 0 Å². The highest BCUT2D eigenvalue weighted by atomic mass is 19.1. The highest BCUT2D eigenvalue weighted by Gasteiger charge is 2.28. The van der Waals surface area contributed by atoms with Gasteiger partial charge in [-0.15, -0.1) is 0 Å². The van der Waals surface area contributed by atoms with E-state index in [4.69, 9.17) is 4.74 Å². The minimum Gasteiger partial charge on any atom is -0.467 e. The molecule has 1 amide bonds. The number of benzene rings is 1. The van der Waals surface area contributed by atoms with Crippen LogP contribution < -0.4 is 5.32 Å². The number of rotatable bonds is 5. The molecule has 0 saturated heterocycles. The van der Waals surface area contributed by atoms with E-state index in [-0.39, 0.29) is 5.56 Å². The van der Waals surface area contributed by atoms with Crippen LogP contribution in [-0.2, 0) is 19.1 Å². The molecule has 0 fully saturated rings. The van der Waals surface area contributed by atoms with Crippen LogP contribution in [0.15, 0.2) is 24.3 Å². The van der Waals surface area contributed by atoms with Gasteiger partial charge in [-0.1, -0.05) is 12.1 Å². The highest BCUT2D eigenvalue weighted by molar-refractivity contribution is 5.97. The van der Waals surface area contributed by atoms with Gasteiger partial charge < -0.3 is 14.8 Å². The van der Waals surface area contributed by atoms with Gasteiger partial charge >= 0.3 is 11.9 Å². The minimum absolute atomic E-state index is 0.231. The standard InChI is InChI=1S/C16H20FNO5/c1-16(2,3)23-13(19)9-12(15(21)22-4)18-14(20)10-7-5-6-8-11(10)17/h5-8,12H,9H2,1-4H3,(H,18,20)/t12-/m0/s1. The average Bonchev–Trinajstić information content (AvgIpc) is 2.44. The van der Waals surface area contributed by atoms with Crippen LogP contribution in [0.25, 0.3) is 0 Å². The molecule has 0 radical (unpaired) electrons. The molecule has 0 unspecified atom stereocenters. The van der Waals surface area contributed by atoms with Gasteiger partial charge in [-0.05, 0) is 32.9 Å². The summed E-state index contributed by atoms with van der Waals surface area (Å²) < 4.78 is 23.2. The van der Waals surface area contributed by atoms with E-state index in [0.29, 0.717) is 0 Å². The number of halogens is 1. The molecule has 0 heterocycles. The molecule has 6 nitrogen and oxygen atoms in total. The quantitative estimate of drug-likeness (QED) is 0.835. The lowest BCUT2D eigenvalue weighted by Crippen LogP contribution is -2.44. The molecule has 1 atom stereocenters. The average molecular weight is 325 g/mol. The van der Waals surface area contributed by atoms with E-state index in [1.807, 2.05) is 0 Å². The van der Waals surface area contributed by atoms with Crippen LogP contribution >= 0.6 is 0 Å². The zero-order valence-electron chi connectivity index (χ0n) is 13.5. The molecule has 0 spiro atoms. The predicted octanol–water partition coefficient (Wildman–Crippen LogP) is 1.83. The summed E-state index contributed by atoms with van der Waals surface area (Å²) in [7, 11) is 1.12. The number of carbonyl (C=O) groups excluding carboxylic acids is 3. The molecule has 0 aliphatic heterocycles.